The number of unbranched alkanes of at least 4 members (excludes halogenated alkanes) is 1. The minimum absolute atomic E-state index is 0.0175. The minimum atomic E-state index is -0.715. The number of aromatic nitrogens is 1. The predicted molar refractivity (Wildman–Crippen MR) is 157 cm³/mol. The van der Waals surface area contributed by atoms with Gasteiger partial charge in [0, 0.05) is 25.4 Å². The van der Waals surface area contributed by atoms with Crippen LogP contribution in [0.3, 0.4) is 0 Å². The van der Waals surface area contributed by atoms with E-state index in [9.17, 15) is 9.90 Å². The molecule has 0 radical (unpaired) electrons. The minimum Gasteiger partial charge on any atom is -0.481 e. The summed E-state index contributed by atoms with van der Waals surface area (Å²) in [5, 5.41) is 13.3. The molecule has 1 aliphatic rings. The molecule has 212 valence electrons. The number of fused-ring (bicyclic) bond motifs is 1. The number of nitrogens with zero attached hydrogens (tertiary/aromatic N) is 2. The number of rotatable bonds is 15. The van der Waals surface area contributed by atoms with E-state index in [0.29, 0.717) is 25.7 Å². The van der Waals surface area contributed by atoms with Crippen LogP contribution in [0.5, 0.6) is 0 Å². The smallest absolute Gasteiger partial charge is 0.307 e. The summed E-state index contributed by atoms with van der Waals surface area (Å²) in [5.41, 5.74) is 8.68. The van der Waals surface area contributed by atoms with Crippen molar-refractivity contribution in [2.45, 2.75) is 78.2 Å². The Morgan fingerprint density at radius 1 is 1.11 bits per heavy atom. The van der Waals surface area contributed by atoms with Gasteiger partial charge in [0.2, 0.25) is 0 Å². The fourth-order valence-electron chi connectivity index (χ4n) is 4.72. The van der Waals surface area contributed by atoms with Crippen LogP contribution >= 0.6 is 0 Å². The summed E-state index contributed by atoms with van der Waals surface area (Å²) in [6.45, 7) is 12.9. The topological polar surface area (TPSA) is 101 Å². The Morgan fingerprint density at radius 2 is 1.84 bits per heavy atom. The van der Waals surface area contributed by atoms with Crippen molar-refractivity contribution in [3.05, 3.63) is 59.3 Å². The Balaban J connectivity index is 0.00000118. The van der Waals surface area contributed by atoms with E-state index in [-0.39, 0.29) is 5.92 Å². The van der Waals surface area contributed by atoms with Crippen LogP contribution in [0.15, 0.2) is 42.5 Å². The molecule has 1 aromatic heterocycles. The molecule has 0 saturated heterocycles. The average Bonchev–Trinajstić information content (AvgIpc) is 2.90. The number of carboxylic acids is 1. The summed E-state index contributed by atoms with van der Waals surface area (Å²) in [6, 6.07) is 14.7. The molecule has 0 saturated carbocycles. The highest BCUT2D eigenvalue weighted by atomic mass is 16.5. The van der Waals surface area contributed by atoms with Crippen LogP contribution in [0, 0.1) is 5.92 Å². The number of anilines is 1. The molecule has 0 bridgehead atoms. The number of pyridine rings is 1. The maximum Gasteiger partial charge on any atom is 0.307 e. The zero-order chi connectivity index (χ0) is 27.8. The standard InChI is InChI=1S/C28H41N3O3.C3H9N/c1-3-34-21-20-31(19-16-26(28(32)33)22(2)23-10-5-4-6-11-23)18-8-7-13-25-15-14-24-12-9-17-29-27(24)30-25;1-3(2)4/h4-6,10-11,14-15,22,26H,3,7-9,12-13,16-21H2,1-2H3,(H,29,30)(H,32,33);3H,4H2,1-2H3. The zero-order valence-corrected chi connectivity index (χ0v) is 24.0. The number of ether oxygens (including phenoxy) is 1. The molecule has 7 nitrogen and oxygen atoms in total. The van der Waals surface area contributed by atoms with Crippen LogP contribution in [0.1, 0.15) is 76.1 Å². The van der Waals surface area contributed by atoms with Gasteiger partial charge >= 0.3 is 5.97 Å². The van der Waals surface area contributed by atoms with Crippen LogP contribution in [0.25, 0.3) is 0 Å². The van der Waals surface area contributed by atoms with Crippen molar-refractivity contribution in [2.75, 3.05) is 44.7 Å². The lowest BCUT2D eigenvalue weighted by atomic mass is 9.85. The highest BCUT2D eigenvalue weighted by Gasteiger charge is 2.26. The van der Waals surface area contributed by atoms with Crippen LogP contribution in [-0.2, 0) is 22.4 Å². The second-order valence-corrected chi connectivity index (χ2v) is 10.5. The lowest BCUT2D eigenvalue weighted by molar-refractivity contribution is -0.142. The molecule has 2 aromatic rings. The molecule has 0 spiro atoms. The summed E-state index contributed by atoms with van der Waals surface area (Å²) < 4.78 is 5.59. The number of benzene rings is 1. The third kappa shape index (κ3) is 11.9. The predicted octanol–water partition coefficient (Wildman–Crippen LogP) is 5.35. The molecule has 38 heavy (non-hydrogen) atoms. The van der Waals surface area contributed by atoms with E-state index in [1.165, 1.54) is 12.0 Å². The van der Waals surface area contributed by atoms with E-state index in [1.54, 1.807) is 0 Å². The molecular weight excluding hydrogens is 476 g/mol. The Morgan fingerprint density at radius 3 is 2.53 bits per heavy atom. The molecule has 3 rings (SSSR count). The monoisotopic (exact) mass is 526 g/mol. The number of carboxylic acid groups (broad SMARTS) is 1. The van der Waals surface area contributed by atoms with Gasteiger partial charge < -0.3 is 25.8 Å². The molecule has 7 heteroatoms. The van der Waals surface area contributed by atoms with Crippen molar-refractivity contribution in [2.24, 2.45) is 11.7 Å². The Hall–Kier alpha value is -2.48. The van der Waals surface area contributed by atoms with Gasteiger partial charge in [0.1, 0.15) is 5.82 Å². The van der Waals surface area contributed by atoms with Crippen LogP contribution < -0.4 is 11.1 Å². The number of nitrogens with one attached hydrogen (secondary N) is 1. The first-order valence-corrected chi connectivity index (χ1v) is 14.4. The van der Waals surface area contributed by atoms with Gasteiger partial charge in [-0.25, -0.2) is 4.98 Å². The average molecular weight is 527 g/mol. The van der Waals surface area contributed by atoms with Crippen molar-refractivity contribution >= 4 is 11.8 Å². The Kier molecular flexibility index (Phi) is 15.0. The third-order valence-corrected chi connectivity index (χ3v) is 6.87. The van der Waals surface area contributed by atoms with Crippen molar-refractivity contribution in [3.63, 3.8) is 0 Å². The second-order valence-electron chi connectivity index (χ2n) is 10.5. The van der Waals surface area contributed by atoms with Gasteiger partial charge in [-0.15, -0.1) is 0 Å². The largest absolute Gasteiger partial charge is 0.481 e. The van der Waals surface area contributed by atoms with Gasteiger partial charge in [0.05, 0.1) is 12.5 Å². The van der Waals surface area contributed by atoms with Crippen molar-refractivity contribution < 1.29 is 14.6 Å². The fourth-order valence-corrected chi connectivity index (χ4v) is 4.72. The Labute approximate surface area is 230 Å². The molecule has 2 unspecified atom stereocenters. The molecule has 2 heterocycles. The number of carbonyl (C=O) groups is 1. The van der Waals surface area contributed by atoms with Gasteiger partial charge in [0.25, 0.3) is 0 Å². The van der Waals surface area contributed by atoms with E-state index in [0.717, 1.165) is 68.9 Å². The molecule has 1 aliphatic heterocycles. The fraction of sp³-hybridized carbons (Fsp3) is 0.613. The summed E-state index contributed by atoms with van der Waals surface area (Å²) in [5.74, 6) is -0.0668. The lowest BCUT2D eigenvalue weighted by Gasteiger charge is -2.26. The van der Waals surface area contributed by atoms with E-state index in [2.05, 4.69) is 22.3 Å². The van der Waals surface area contributed by atoms with Gasteiger partial charge in [-0.1, -0.05) is 57.2 Å². The van der Waals surface area contributed by atoms with Gasteiger partial charge in [0.15, 0.2) is 0 Å². The number of aryl methyl sites for hydroxylation is 2. The van der Waals surface area contributed by atoms with Crippen molar-refractivity contribution in [1.82, 2.24) is 9.88 Å². The highest BCUT2D eigenvalue weighted by Crippen LogP contribution is 2.27. The molecular formula is C31H50N4O3. The summed E-state index contributed by atoms with van der Waals surface area (Å²) in [7, 11) is 0. The first-order valence-electron chi connectivity index (χ1n) is 14.4. The van der Waals surface area contributed by atoms with Crippen molar-refractivity contribution in [1.29, 1.82) is 0 Å². The molecule has 0 fully saturated rings. The maximum atomic E-state index is 12.1. The van der Waals surface area contributed by atoms with E-state index < -0.39 is 11.9 Å². The quantitative estimate of drug-likeness (QED) is 0.269. The van der Waals surface area contributed by atoms with E-state index in [1.807, 2.05) is 58.0 Å². The molecule has 1 aromatic carbocycles. The van der Waals surface area contributed by atoms with Gasteiger partial charge in [-0.2, -0.15) is 0 Å². The zero-order valence-electron chi connectivity index (χ0n) is 24.0. The number of aliphatic carboxylic acids is 1. The van der Waals surface area contributed by atoms with E-state index >= 15 is 0 Å². The lowest BCUT2D eigenvalue weighted by Crippen LogP contribution is -2.33. The highest BCUT2D eigenvalue weighted by molar-refractivity contribution is 5.71. The van der Waals surface area contributed by atoms with Gasteiger partial charge in [-0.05, 0) is 87.7 Å². The van der Waals surface area contributed by atoms with Crippen LogP contribution in [0.4, 0.5) is 5.82 Å². The van der Waals surface area contributed by atoms with Gasteiger partial charge in [-0.3, -0.25) is 4.79 Å². The first-order chi connectivity index (χ1) is 18.3. The summed E-state index contributed by atoms with van der Waals surface area (Å²) in [4.78, 5) is 19.2. The first kappa shape index (κ1) is 31.7. The maximum absolute atomic E-state index is 12.1. The molecule has 0 amide bonds. The SMILES string of the molecule is CC(C)N.CCOCCN(CCCCc1ccc2c(n1)NCCC2)CCC(C(=O)O)C(C)c1ccccc1. The second kappa shape index (κ2) is 17.9. The molecule has 2 atom stereocenters. The summed E-state index contributed by atoms with van der Waals surface area (Å²) >= 11 is 0. The number of nitrogens with two attached hydrogens (primary N) is 1. The van der Waals surface area contributed by atoms with E-state index in [4.69, 9.17) is 15.5 Å². The normalized spacial score (nSPS) is 14.3. The summed E-state index contributed by atoms with van der Waals surface area (Å²) in [6.07, 6.45) is 6.03. The number of hydrogen-bond acceptors (Lipinski definition) is 6. The van der Waals surface area contributed by atoms with Crippen LogP contribution in [-0.4, -0.2) is 66.4 Å². The molecule has 0 aliphatic carbocycles. The number of hydrogen-bond donors (Lipinski definition) is 3. The molecule has 4 N–H and O–H groups in total. The van der Waals surface area contributed by atoms with Crippen LogP contribution in [0.2, 0.25) is 0 Å². The van der Waals surface area contributed by atoms with Crippen molar-refractivity contribution in [3.8, 4) is 0 Å². The third-order valence-electron chi connectivity index (χ3n) is 6.87. The Bertz CT molecular complexity index is 920.